The van der Waals surface area contributed by atoms with Crippen molar-refractivity contribution in [3.8, 4) is 6.07 Å². The Bertz CT molecular complexity index is 860. The summed E-state index contributed by atoms with van der Waals surface area (Å²) in [4.78, 5) is 19.6. The van der Waals surface area contributed by atoms with Gasteiger partial charge in [-0.1, -0.05) is 13.3 Å². The lowest BCUT2D eigenvalue weighted by atomic mass is 9.90. The number of nitrogen functional groups attached to an aromatic ring is 1. The first kappa shape index (κ1) is 17.5. The van der Waals surface area contributed by atoms with Crippen LogP contribution in [0, 0.1) is 11.3 Å². The number of anilines is 2. The van der Waals surface area contributed by atoms with Gasteiger partial charge in [-0.3, -0.25) is 4.79 Å². The molecule has 8 heteroatoms. The number of thiophene rings is 1. The second-order valence-corrected chi connectivity index (χ2v) is 7.53. The Labute approximate surface area is 150 Å². The fourth-order valence-electron chi connectivity index (χ4n) is 3.24. The molecular weight excluding hydrogens is 336 g/mol. The van der Waals surface area contributed by atoms with Crippen LogP contribution in [-0.4, -0.2) is 29.5 Å². The molecule has 1 aliphatic rings. The van der Waals surface area contributed by atoms with Gasteiger partial charge in [-0.05, 0) is 30.9 Å². The molecule has 7 nitrogen and oxygen atoms in total. The first-order chi connectivity index (χ1) is 11.9. The van der Waals surface area contributed by atoms with Crippen LogP contribution in [0.15, 0.2) is 6.07 Å². The minimum absolute atomic E-state index is 0.362. The van der Waals surface area contributed by atoms with E-state index in [2.05, 4.69) is 17.9 Å². The van der Waals surface area contributed by atoms with Crippen molar-refractivity contribution in [3.05, 3.63) is 16.5 Å². The van der Waals surface area contributed by atoms with Gasteiger partial charge in [0.1, 0.15) is 21.1 Å². The van der Waals surface area contributed by atoms with E-state index in [1.165, 1.54) is 11.3 Å². The number of rotatable bonds is 4. The predicted molar refractivity (Wildman–Crippen MR) is 101 cm³/mol. The highest BCUT2D eigenvalue weighted by Gasteiger charge is 2.31. The van der Waals surface area contributed by atoms with E-state index in [0.717, 1.165) is 34.4 Å². The van der Waals surface area contributed by atoms with Crippen LogP contribution in [0.1, 0.15) is 41.4 Å². The SMILES string of the molecule is CCCc1cc(N2CCC(N)(C#N)CC2)nc2sc(C(N)=O)c(N)c12. The van der Waals surface area contributed by atoms with Crippen molar-refractivity contribution < 1.29 is 4.79 Å². The predicted octanol–water partition coefficient (Wildman–Crippen LogP) is 1.75. The molecule has 0 atom stereocenters. The van der Waals surface area contributed by atoms with Crippen molar-refractivity contribution in [2.45, 2.75) is 38.1 Å². The average Bonchev–Trinajstić information content (AvgIpc) is 2.93. The zero-order chi connectivity index (χ0) is 18.2. The Kier molecular flexibility index (Phi) is 4.54. The van der Waals surface area contributed by atoms with E-state index in [1.54, 1.807) is 0 Å². The number of carbonyl (C=O) groups is 1. The number of carbonyl (C=O) groups excluding carboxylic acids is 1. The summed E-state index contributed by atoms with van der Waals surface area (Å²) in [5, 5.41) is 10.0. The Morgan fingerprint density at radius 2 is 2.16 bits per heavy atom. The zero-order valence-corrected chi connectivity index (χ0v) is 15.0. The summed E-state index contributed by atoms with van der Waals surface area (Å²) in [5.74, 6) is 0.317. The first-order valence-electron chi connectivity index (χ1n) is 8.35. The number of fused-ring (bicyclic) bond motifs is 1. The second-order valence-electron chi connectivity index (χ2n) is 6.53. The van der Waals surface area contributed by atoms with Crippen LogP contribution in [0.25, 0.3) is 10.2 Å². The molecule has 1 saturated heterocycles. The minimum Gasteiger partial charge on any atom is -0.397 e. The fraction of sp³-hybridized carbons (Fsp3) is 0.471. The molecule has 0 aliphatic carbocycles. The van der Waals surface area contributed by atoms with Gasteiger partial charge < -0.3 is 22.1 Å². The maximum Gasteiger partial charge on any atom is 0.260 e. The number of aryl methyl sites for hydroxylation is 1. The van der Waals surface area contributed by atoms with Crippen LogP contribution in [-0.2, 0) is 6.42 Å². The van der Waals surface area contributed by atoms with E-state index in [9.17, 15) is 10.1 Å². The number of nitriles is 1. The highest BCUT2D eigenvalue weighted by molar-refractivity contribution is 7.21. The van der Waals surface area contributed by atoms with Crippen LogP contribution in [0.4, 0.5) is 11.5 Å². The molecule has 0 radical (unpaired) electrons. The summed E-state index contributed by atoms with van der Waals surface area (Å²) < 4.78 is 0. The Morgan fingerprint density at radius 3 is 2.72 bits per heavy atom. The molecule has 0 saturated carbocycles. The topological polar surface area (TPSA) is 135 Å². The molecule has 0 spiro atoms. The summed E-state index contributed by atoms with van der Waals surface area (Å²) in [6, 6.07) is 4.24. The lowest BCUT2D eigenvalue weighted by Crippen LogP contribution is -2.49. The number of piperidine rings is 1. The molecule has 1 amide bonds. The van der Waals surface area contributed by atoms with E-state index < -0.39 is 11.4 Å². The van der Waals surface area contributed by atoms with Crippen molar-refractivity contribution >= 4 is 39.0 Å². The number of nitrogens with two attached hydrogens (primary N) is 3. The lowest BCUT2D eigenvalue weighted by Gasteiger charge is -2.35. The van der Waals surface area contributed by atoms with Crippen molar-refractivity contribution in [2.75, 3.05) is 23.7 Å². The van der Waals surface area contributed by atoms with Gasteiger partial charge in [-0.15, -0.1) is 11.3 Å². The maximum atomic E-state index is 11.6. The van der Waals surface area contributed by atoms with E-state index in [1.807, 2.05) is 6.07 Å². The van der Waals surface area contributed by atoms with Gasteiger partial charge >= 0.3 is 0 Å². The summed E-state index contributed by atoms with van der Waals surface area (Å²) in [6.07, 6.45) is 3.01. The Hall–Kier alpha value is -2.37. The number of aromatic nitrogens is 1. The van der Waals surface area contributed by atoms with Crippen LogP contribution < -0.4 is 22.1 Å². The number of hydrogen-bond acceptors (Lipinski definition) is 7. The highest BCUT2D eigenvalue weighted by Crippen LogP contribution is 2.37. The Balaban J connectivity index is 2.03. The Morgan fingerprint density at radius 1 is 1.48 bits per heavy atom. The molecule has 0 aromatic carbocycles. The fourth-order valence-corrected chi connectivity index (χ4v) is 4.23. The van der Waals surface area contributed by atoms with E-state index >= 15 is 0 Å². The molecule has 6 N–H and O–H groups in total. The molecule has 2 aromatic rings. The van der Waals surface area contributed by atoms with E-state index in [0.29, 0.717) is 36.5 Å². The first-order valence-corrected chi connectivity index (χ1v) is 9.17. The molecule has 0 bridgehead atoms. The van der Waals surface area contributed by atoms with Crippen LogP contribution in [0.3, 0.4) is 0 Å². The summed E-state index contributed by atoms with van der Waals surface area (Å²) in [7, 11) is 0. The van der Waals surface area contributed by atoms with Crippen LogP contribution in [0.2, 0.25) is 0 Å². The highest BCUT2D eigenvalue weighted by atomic mass is 32.1. The number of pyridine rings is 1. The molecular formula is C17H22N6OS. The van der Waals surface area contributed by atoms with E-state index in [-0.39, 0.29) is 0 Å². The molecule has 132 valence electrons. The quantitative estimate of drug-likeness (QED) is 0.762. The third-order valence-corrected chi connectivity index (χ3v) is 5.83. The van der Waals surface area contributed by atoms with Crippen LogP contribution >= 0.6 is 11.3 Å². The molecule has 3 rings (SSSR count). The summed E-state index contributed by atoms with van der Waals surface area (Å²) in [6.45, 7) is 3.45. The van der Waals surface area contributed by atoms with Gasteiger partial charge in [0.2, 0.25) is 0 Å². The monoisotopic (exact) mass is 358 g/mol. The number of hydrogen-bond donors (Lipinski definition) is 3. The maximum absolute atomic E-state index is 11.6. The number of nitrogens with zero attached hydrogens (tertiary/aromatic N) is 3. The minimum atomic E-state index is -0.751. The van der Waals surface area contributed by atoms with Gasteiger partial charge in [-0.25, -0.2) is 4.98 Å². The van der Waals surface area contributed by atoms with Crippen molar-refractivity contribution in [1.82, 2.24) is 4.98 Å². The summed E-state index contributed by atoms with van der Waals surface area (Å²) in [5.41, 5.74) is 18.4. The van der Waals surface area contributed by atoms with Gasteiger partial charge in [0.25, 0.3) is 5.91 Å². The third kappa shape index (κ3) is 3.13. The molecule has 3 heterocycles. The van der Waals surface area contributed by atoms with Crippen LogP contribution in [0.5, 0.6) is 0 Å². The molecule has 1 aliphatic heterocycles. The van der Waals surface area contributed by atoms with E-state index in [4.69, 9.17) is 22.2 Å². The lowest BCUT2D eigenvalue weighted by molar-refractivity contribution is 0.100. The number of amides is 1. The molecule has 1 fully saturated rings. The van der Waals surface area contributed by atoms with Crippen molar-refractivity contribution in [3.63, 3.8) is 0 Å². The van der Waals surface area contributed by atoms with Gasteiger partial charge in [-0.2, -0.15) is 5.26 Å². The van der Waals surface area contributed by atoms with Gasteiger partial charge in [0.05, 0.1) is 11.8 Å². The van der Waals surface area contributed by atoms with Crippen molar-refractivity contribution in [2.24, 2.45) is 11.5 Å². The normalized spacial score (nSPS) is 16.8. The van der Waals surface area contributed by atoms with Crippen molar-refractivity contribution in [1.29, 1.82) is 5.26 Å². The summed E-state index contributed by atoms with van der Waals surface area (Å²) >= 11 is 1.24. The van der Waals surface area contributed by atoms with Gasteiger partial charge in [0.15, 0.2) is 0 Å². The zero-order valence-electron chi connectivity index (χ0n) is 14.2. The second kappa shape index (κ2) is 6.50. The largest absolute Gasteiger partial charge is 0.397 e. The molecule has 0 unspecified atom stereocenters. The standard InChI is InChI=1S/C17H22N6OS/c1-2-3-10-8-11(23-6-4-17(21,9-18)5-7-23)22-16-12(10)13(19)14(25-16)15(20)24/h8H,2-7,19,21H2,1H3,(H2,20,24). The smallest absolute Gasteiger partial charge is 0.260 e. The molecule has 2 aromatic heterocycles. The number of primary amides is 1. The average molecular weight is 358 g/mol. The third-order valence-electron chi connectivity index (χ3n) is 4.71. The van der Waals surface area contributed by atoms with Gasteiger partial charge in [0, 0.05) is 18.5 Å². The molecule has 25 heavy (non-hydrogen) atoms.